The molecule has 1 unspecified atom stereocenters. The van der Waals surface area contributed by atoms with Gasteiger partial charge < -0.3 is 15.4 Å². The van der Waals surface area contributed by atoms with Crippen molar-refractivity contribution in [3.8, 4) is 11.6 Å². The van der Waals surface area contributed by atoms with Gasteiger partial charge in [0.2, 0.25) is 11.8 Å². The van der Waals surface area contributed by atoms with E-state index in [1.165, 1.54) is 11.3 Å². The van der Waals surface area contributed by atoms with E-state index in [1.807, 2.05) is 37.3 Å². The van der Waals surface area contributed by atoms with Gasteiger partial charge in [0.05, 0.1) is 28.6 Å². The van der Waals surface area contributed by atoms with Crippen LogP contribution in [0.15, 0.2) is 59.9 Å². The number of rotatable bonds is 7. The van der Waals surface area contributed by atoms with Gasteiger partial charge in [-0.05, 0) is 55.9 Å². The number of carbonyl (C=O) groups is 3. The van der Waals surface area contributed by atoms with Crippen LogP contribution in [0.2, 0.25) is 0 Å². The van der Waals surface area contributed by atoms with Gasteiger partial charge >= 0.3 is 6.03 Å². The van der Waals surface area contributed by atoms with E-state index >= 15 is 0 Å². The zero-order valence-corrected chi connectivity index (χ0v) is 23.4. The first-order valence-corrected chi connectivity index (χ1v) is 14.3. The highest BCUT2D eigenvalue weighted by Crippen LogP contribution is 2.46. The average Bonchev–Trinajstić information content (AvgIpc) is 3.58. The lowest BCUT2D eigenvalue weighted by Gasteiger charge is -2.29. The summed E-state index contributed by atoms with van der Waals surface area (Å²) in [5.74, 6) is 0.842. The summed E-state index contributed by atoms with van der Waals surface area (Å²) in [6, 6.07) is 12.5. The molecular formula is C30H28N6O4S. The van der Waals surface area contributed by atoms with Crippen LogP contribution < -0.4 is 20.3 Å². The number of hydrogen-bond donors (Lipinski definition) is 2. The SMILES string of the molecule is CCC(=O)/N=C/C1CC[C@@H](NC(=O)c2sc3nccc4c3c2NC(=O)N4c2cnc(Oc3ccccc3)cc2C)C1. The molecule has 0 spiro atoms. The molecule has 1 saturated carbocycles. The number of anilines is 3. The van der Waals surface area contributed by atoms with Crippen LogP contribution in [-0.4, -0.2) is 40.1 Å². The molecule has 1 aliphatic heterocycles. The average molecular weight is 569 g/mol. The van der Waals surface area contributed by atoms with Crippen molar-refractivity contribution in [2.75, 3.05) is 10.2 Å². The standard InChI is InChI=1S/C30H28N6O4S/c1-3-23(37)32-15-18-9-10-19(14-18)34-28(38)27-26-25-21(11-12-31-29(25)41-27)36(30(39)35-26)22-16-33-24(13-17(22)2)40-20-7-5-4-6-8-20/h4-8,11-13,15-16,18-19H,3,9-10,14H2,1-2H3,(H,34,38)(H,35,39)/b32-15+/t18?,19-/m1/s1. The molecule has 2 aliphatic rings. The van der Waals surface area contributed by atoms with Crippen LogP contribution in [0, 0.1) is 12.8 Å². The van der Waals surface area contributed by atoms with E-state index in [4.69, 9.17) is 4.74 Å². The number of amides is 4. The third-order valence-corrected chi connectivity index (χ3v) is 8.35. The van der Waals surface area contributed by atoms with Gasteiger partial charge in [-0.25, -0.2) is 19.8 Å². The lowest BCUT2D eigenvalue weighted by atomic mass is 10.1. The Labute approximate surface area is 240 Å². The van der Waals surface area contributed by atoms with E-state index in [-0.39, 0.29) is 23.8 Å². The molecule has 41 heavy (non-hydrogen) atoms. The highest BCUT2D eigenvalue weighted by Gasteiger charge is 2.34. The Hall–Kier alpha value is -4.64. The van der Waals surface area contributed by atoms with Crippen molar-refractivity contribution in [2.45, 2.75) is 45.6 Å². The molecule has 1 aliphatic carbocycles. The zero-order valence-electron chi connectivity index (χ0n) is 22.6. The number of pyridine rings is 2. The van der Waals surface area contributed by atoms with Crippen LogP contribution in [0.1, 0.15) is 47.8 Å². The predicted molar refractivity (Wildman–Crippen MR) is 159 cm³/mol. The molecule has 0 radical (unpaired) electrons. The van der Waals surface area contributed by atoms with E-state index in [1.54, 1.807) is 42.6 Å². The Morgan fingerprint density at radius 3 is 2.80 bits per heavy atom. The molecule has 4 heterocycles. The number of urea groups is 1. The number of ether oxygens (including phenoxy) is 1. The summed E-state index contributed by atoms with van der Waals surface area (Å²) in [7, 11) is 0. The summed E-state index contributed by atoms with van der Waals surface area (Å²) < 4.78 is 5.86. The second-order valence-corrected chi connectivity index (χ2v) is 11.1. The van der Waals surface area contributed by atoms with Gasteiger partial charge in [0.15, 0.2) is 0 Å². The number of hydrogen-bond acceptors (Lipinski definition) is 7. The number of nitrogens with zero attached hydrogens (tertiary/aromatic N) is 4. The normalized spacial score (nSPS) is 18.1. The molecule has 6 rings (SSSR count). The first kappa shape index (κ1) is 26.6. The molecule has 0 saturated heterocycles. The predicted octanol–water partition coefficient (Wildman–Crippen LogP) is 6.38. The molecule has 10 nitrogen and oxygen atoms in total. The lowest BCUT2D eigenvalue weighted by molar-refractivity contribution is -0.117. The van der Waals surface area contributed by atoms with Crippen LogP contribution in [0.5, 0.6) is 11.6 Å². The van der Waals surface area contributed by atoms with Crippen molar-refractivity contribution in [3.05, 3.63) is 65.3 Å². The number of nitrogens with one attached hydrogen (secondary N) is 2. The number of thiophene rings is 1. The van der Waals surface area contributed by atoms with Gasteiger partial charge in [0.25, 0.3) is 5.91 Å². The number of aryl methyl sites for hydroxylation is 1. The van der Waals surface area contributed by atoms with Gasteiger partial charge in [0, 0.05) is 30.9 Å². The monoisotopic (exact) mass is 568 g/mol. The van der Waals surface area contributed by atoms with Crippen molar-refractivity contribution in [1.82, 2.24) is 15.3 Å². The lowest BCUT2D eigenvalue weighted by Crippen LogP contribution is -2.36. The highest BCUT2D eigenvalue weighted by atomic mass is 32.1. The largest absolute Gasteiger partial charge is 0.439 e. The van der Waals surface area contributed by atoms with Gasteiger partial charge in [-0.15, -0.1) is 11.3 Å². The molecule has 2 atom stereocenters. The van der Waals surface area contributed by atoms with E-state index in [0.717, 1.165) is 18.4 Å². The fraction of sp³-hybridized carbons (Fsp3) is 0.267. The van der Waals surface area contributed by atoms with Crippen LogP contribution in [0.25, 0.3) is 10.2 Å². The van der Waals surface area contributed by atoms with Crippen molar-refractivity contribution in [1.29, 1.82) is 0 Å². The third kappa shape index (κ3) is 5.28. The maximum absolute atomic E-state index is 13.5. The van der Waals surface area contributed by atoms with Crippen molar-refractivity contribution < 1.29 is 19.1 Å². The number of benzene rings is 1. The summed E-state index contributed by atoms with van der Waals surface area (Å²) >= 11 is 1.25. The summed E-state index contributed by atoms with van der Waals surface area (Å²) in [6.45, 7) is 3.67. The minimum absolute atomic E-state index is 0.0401. The molecule has 11 heteroatoms. The fourth-order valence-corrected chi connectivity index (χ4v) is 6.24. The van der Waals surface area contributed by atoms with Gasteiger partial charge in [-0.2, -0.15) is 0 Å². The Balaban J connectivity index is 1.25. The van der Waals surface area contributed by atoms with Crippen molar-refractivity contribution in [2.24, 2.45) is 10.9 Å². The molecule has 4 amide bonds. The zero-order chi connectivity index (χ0) is 28.5. The minimum Gasteiger partial charge on any atom is -0.439 e. The fourth-order valence-electron chi connectivity index (χ4n) is 5.22. The number of aromatic nitrogens is 2. The second-order valence-electron chi connectivity index (χ2n) is 10.1. The van der Waals surface area contributed by atoms with Gasteiger partial charge in [0.1, 0.15) is 15.5 Å². The molecule has 208 valence electrons. The van der Waals surface area contributed by atoms with Crippen molar-refractivity contribution in [3.63, 3.8) is 0 Å². The van der Waals surface area contributed by atoms with Crippen LogP contribution in [0.3, 0.4) is 0 Å². The number of para-hydroxylation sites is 1. The minimum atomic E-state index is -0.392. The molecular weight excluding hydrogens is 540 g/mol. The van der Waals surface area contributed by atoms with Crippen molar-refractivity contribution >= 4 is 62.7 Å². The molecule has 1 fully saturated rings. The molecule has 0 bridgehead atoms. The Kier molecular flexibility index (Phi) is 7.19. The summed E-state index contributed by atoms with van der Waals surface area (Å²) in [5, 5.41) is 6.75. The Morgan fingerprint density at radius 1 is 1.20 bits per heavy atom. The molecule has 3 aromatic heterocycles. The quantitative estimate of drug-likeness (QED) is 0.249. The number of carbonyl (C=O) groups excluding carboxylic acids is 3. The van der Waals surface area contributed by atoms with E-state index in [2.05, 4.69) is 25.6 Å². The van der Waals surface area contributed by atoms with E-state index in [9.17, 15) is 14.4 Å². The Bertz CT molecular complexity index is 1690. The maximum Gasteiger partial charge on any atom is 0.331 e. The van der Waals surface area contributed by atoms with Crippen LogP contribution >= 0.6 is 11.3 Å². The summed E-state index contributed by atoms with van der Waals surface area (Å²) in [5.41, 5.74) is 2.48. The molecule has 4 aromatic rings. The highest BCUT2D eigenvalue weighted by molar-refractivity contribution is 7.21. The van der Waals surface area contributed by atoms with Crippen LogP contribution in [-0.2, 0) is 4.79 Å². The van der Waals surface area contributed by atoms with Crippen LogP contribution in [0.4, 0.5) is 21.9 Å². The van der Waals surface area contributed by atoms with E-state index in [0.29, 0.717) is 56.6 Å². The summed E-state index contributed by atoms with van der Waals surface area (Å²) in [6.07, 6.45) is 7.70. The maximum atomic E-state index is 13.5. The molecule has 2 N–H and O–H groups in total. The molecule has 1 aromatic carbocycles. The first-order valence-electron chi connectivity index (χ1n) is 13.5. The third-order valence-electron chi connectivity index (χ3n) is 7.26. The van der Waals surface area contributed by atoms with Gasteiger partial charge in [-0.1, -0.05) is 25.1 Å². The number of aliphatic imine (C=N–C) groups is 1. The van der Waals surface area contributed by atoms with E-state index < -0.39 is 6.03 Å². The topological polar surface area (TPSA) is 126 Å². The first-order chi connectivity index (χ1) is 19.9. The Morgan fingerprint density at radius 2 is 2.02 bits per heavy atom. The van der Waals surface area contributed by atoms with Gasteiger partial charge in [-0.3, -0.25) is 14.5 Å². The summed E-state index contributed by atoms with van der Waals surface area (Å²) in [4.78, 5) is 54.0. The smallest absolute Gasteiger partial charge is 0.331 e. The second kappa shape index (κ2) is 11.1.